The van der Waals surface area contributed by atoms with Crippen molar-refractivity contribution < 1.29 is 19.1 Å². The molecule has 3 rings (SSSR count). The second kappa shape index (κ2) is 6.58. The first kappa shape index (κ1) is 15.2. The Hall–Kier alpha value is -2.73. The SMILES string of the molecule is COC(=O)c1ccc(C(=O)OCc2nc3ccccc3s2)cc1. The van der Waals surface area contributed by atoms with Crippen molar-refractivity contribution >= 4 is 33.5 Å². The highest BCUT2D eigenvalue weighted by molar-refractivity contribution is 7.18. The monoisotopic (exact) mass is 327 g/mol. The van der Waals surface area contributed by atoms with Gasteiger partial charge in [0, 0.05) is 0 Å². The normalized spacial score (nSPS) is 10.5. The maximum atomic E-state index is 12.0. The van der Waals surface area contributed by atoms with E-state index in [1.165, 1.54) is 42.7 Å². The average molecular weight is 327 g/mol. The van der Waals surface area contributed by atoms with E-state index in [1.807, 2.05) is 24.3 Å². The number of hydrogen-bond donors (Lipinski definition) is 0. The second-order valence-corrected chi connectivity index (χ2v) is 5.84. The number of methoxy groups -OCH3 is 1. The van der Waals surface area contributed by atoms with Gasteiger partial charge in [0.2, 0.25) is 0 Å². The lowest BCUT2D eigenvalue weighted by molar-refractivity contribution is 0.0471. The number of aromatic nitrogens is 1. The summed E-state index contributed by atoms with van der Waals surface area (Å²) in [5, 5.41) is 0.741. The summed E-state index contributed by atoms with van der Waals surface area (Å²) in [6.07, 6.45) is 0. The van der Waals surface area contributed by atoms with E-state index in [0.717, 1.165) is 15.2 Å². The fourth-order valence-corrected chi connectivity index (χ4v) is 2.93. The van der Waals surface area contributed by atoms with Crippen LogP contribution in [0.5, 0.6) is 0 Å². The molecule has 1 heterocycles. The fourth-order valence-electron chi connectivity index (χ4n) is 2.05. The van der Waals surface area contributed by atoms with E-state index in [9.17, 15) is 9.59 Å². The van der Waals surface area contributed by atoms with Gasteiger partial charge in [-0.2, -0.15) is 0 Å². The molecule has 2 aromatic carbocycles. The molecule has 0 saturated carbocycles. The topological polar surface area (TPSA) is 65.5 Å². The highest BCUT2D eigenvalue weighted by Gasteiger charge is 2.11. The number of esters is 2. The minimum absolute atomic E-state index is 0.122. The minimum Gasteiger partial charge on any atom is -0.465 e. The second-order valence-electron chi connectivity index (χ2n) is 4.72. The number of carbonyl (C=O) groups excluding carboxylic acids is 2. The molecule has 0 fully saturated rings. The Morgan fingerprint density at radius 3 is 2.30 bits per heavy atom. The zero-order valence-electron chi connectivity index (χ0n) is 12.3. The van der Waals surface area contributed by atoms with Crippen LogP contribution in [0.4, 0.5) is 0 Å². The van der Waals surface area contributed by atoms with Crippen molar-refractivity contribution in [2.75, 3.05) is 7.11 Å². The van der Waals surface area contributed by atoms with E-state index in [4.69, 9.17) is 4.74 Å². The molecule has 6 heteroatoms. The number of thiazole rings is 1. The van der Waals surface area contributed by atoms with E-state index >= 15 is 0 Å². The van der Waals surface area contributed by atoms with Crippen molar-refractivity contribution in [3.8, 4) is 0 Å². The lowest BCUT2D eigenvalue weighted by Gasteiger charge is -2.03. The molecular formula is C17H13NO4S. The van der Waals surface area contributed by atoms with Gasteiger partial charge in [-0.1, -0.05) is 12.1 Å². The summed E-state index contributed by atoms with van der Waals surface area (Å²) in [6, 6.07) is 13.9. The van der Waals surface area contributed by atoms with Crippen LogP contribution in [0.3, 0.4) is 0 Å². The van der Waals surface area contributed by atoms with E-state index in [-0.39, 0.29) is 6.61 Å². The minimum atomic E-state index is -0.458. The number of hydrogen-bond acceptors (Lipinski definition) is 6. The highest BCUT2D eigenvalue weighted by atomic mass is 32.1. The van der Waals surface area contributed by atoms with Crippen molar-refractivity contribution in [3.05, 3.63) is 64.7 Å². The van der Waals surface area contributed by atoms with Gasteiger partial charge in [-0.25, -0.2) is 14.6 Å². The molecule has 0 bridgehead atoms. The lowest BCUT2D eigenvalue weighted by Crippen LogP contribution is -2.06. The van der Waals surface area contributed by atoms with Crippen LogP contribution in [0.1, 0.15) is 25.7 Å². The Morgan fingerprint density at radius 2 is 1.65 bits per heavy atom. The maximum absolute atomic E-state index is 12.0. The van der Waals surface area contributed by atoms with Gasteiger partial charge >= 0.3 is 11.9 Å². The van der Waals surface area contributed by atoms with E-state index in [2.05, 4.69) is 9.72 Å². The van der Waals surface area contributed by atoms with Gasteiger partial charge in [0.15, 0.2) is 0 Å². The Labute approximate surface area is 136 Å². The Morgan fingerprint density at radius 1 is 1.00 bits per heavy atom. The predicted molar refractivity (Wildman–Crippen MR) is 86.5 cm³/mol. The molecule has 0 atom stereocenters. The fraction of sp³-hybridized carbons (Fsp3) is 0.118. The average Bonchev–Trinajstić information content (AvgIpc) is 3.02. The Balaban J connectivity index is 1.65. The van der Waals surface area contributed by atoms with Crippen LogP contribution in [0.15, 0.2) is 48.5 Å². The summed E-state index contributed by atoms with van der Waals surface area (Å²) >= 11 is 1.49. The molecule has 0 unspecified atom stereocenters. The molecule has 23 heavy (non-hydrogen) atoms. The van der Waals surface area contributed by atoms with Gasteiger partial charge in [-0.05, 0) is 36.4 Å². The molecule has 0 aliphatic heterocycles. The number of benzene rings is 2. The third-order valence-corrected chi connectivity index (χ3v) is 4.22. The largest absolute Gasteiger partial charge is 0.465 e. The third kappa shape index (κ3) is 3.37. The van der Waals surface area contributed by atoms with E-state index in [1.54, 1.807) is 0 Å². The molecular weight excluding hydrogens is 314 g/mol. The van der Waals surface area contributed by atoms with Gasteiger partial charge in [0.05, 0.1) is 28.5 Å². The number of fused-ring (bicyclic) bond motifs is 1. The summed E-state index contributed by atoms with van der Waals surface area (Å²) in [5.41, 5.74) is 1.65. The van der Waals surface area contributed by atoms with Gasteiger partial charge in [-0.3, -0.25) is 0 Å². The van der Waals surface area contributed by atoms with Crippen molar-refractivity contribution in [1.82, 2.24) is 4.98 Å². The third-order valence-electron chi connectivity index (χ3n) is 3.21. The van der Waals surface area contributed by atoms with Crippen LogP contribution >= 0.6 is 11.3 Å². The number of rotatable bonds is 4. The van der Waals surface area contributed by atoms with Crippen molar-refractivity contribution in [2.45, 2.75) is 6.61 Å². The van der Waals surface area contributed by atoms with E-state index in [0.29, 0.717) is 11.1 Å². The zero-order valence-corrected chi connectivity index (χ0v) is 13.1. The molecule has 0 spiro atoms. The first-order valence-electron chi connectivity index (χ1n) is 6.87. The molecule has 0 aliphatic carbocycles. The molecule has 0 radical (unpaired) electrons. The quantitative estimate of drug-likeness (QED) is 0.687. The molecule has 0 amide bonds. The van der Waals surface area contributed by atoms with Crippen LogP contribution in [-0.4, -0.2) is 24.0 Å². The van der Waals surface area contributed by atoms with Crippen molar-refractivity contribution in [2.24, 2.45) is 0 Å². The first-order chi connectivity index (χ1) is 11.2. The molecule has 0 aliphatic rings. The number of carbonyl (C=O) groups is 2. The number of para-hydroxylation sites is 1. The van der Waals surface area contributed by atoms with Crippen LogP contribution in [0.2, 0.25) is 0 Å². The van der Waals surface area contributed by atoms with E-state index < -0.39 is 11.9 Å². The summed E-state index contributed by atoms with van der Waals surface area (Å²) in [7, 11) is 1.31. The maximum Gasteiger partial charge on any atom is 0.338 e. The summed E-state index contributed by atoms with van der Waals surface area (Å²) < 4.78 is 10.9. The molecule has 5 nitrogen and oxygen atoms in total. The van der Waals surface area contributed by atoms with Gasteiger partial charge in [-0.15, -0.1) is 11.3 Å². The number of ether oxygens (including phenoxy) is 2. The molecule has 1 aromatic heterocycles. The molecule has 3 aromatic rings. The molecule has 0 saturated heterocycles. The first-order valence-corrected chi connectivity index (χ1v) is 7.69. The van der Waals surface area contributed by atoms with Crippen LogP contribution in [0.25, 0.3) is 10.2 Å². The zero-order chi connectivity index (χ0) is 16.2. The predicted octanol–water partition coefficient (Wildman–Crippen LogP) is 3.44. The standard InChI is InChI=1S/C17H13NO4S/c1-21-16(19)11-6-8-12(9-7-11)17(20)22-10-15-18-13-4-2-3-5-14(13)23-15/h2-9H,10H2,1H3. The van der Waals surface area contributed by atoms with Gasteiger partial charge in [0.1, 0.15) is 11.6 Å². The Kier molecular flexibility index (Phi) is 4.34. The van der Waals surface area contributed by atoms with Crippen LogP contribution < -0.4 is 0 Å². The summed E-state index contributed by atoms with van der Waals surface area (Å²) in [5.74, 6) is -0.903. The van der Waals surface area contributed by atoms with Gasteiger partial charge < -0.3 is 9.47 Å². The van der Waals surface area contributed by atoms with Gasteiger partial charge in [0.25, 0.3) is 0 Å². The lowest BCUT2D eigenvalue weighted by atomic mass is 10.1. The highest BCUT2D eigenvalue weighted by Crippen LogP contribution is 2.22. The van der Waals surface area contributed by atoms with Crippen molar-refractivity contribution in [3.63, 3.8) is 0 Å². The smallest absolute Gasteiger partial charge is 0.338 e. The summed E-state index contributed by atoms with van der Waals surface area (Å²) in [6.45, 7) is 0.122. The number of nitrogens with zero attached hydrogens (tertiary/aromatic N) is 1. The molecule has 0 N–H and O–H groups in total. The van der Waals surface area contributed by atoms with Crippen LogP contribution in [0, 0.1) is 0 Å². The summed E-state index contributed by atoms with van der Waals surface area (Å²) in [4.78, 5) is 27.8. The van der Waals surface area contributed by atoms with Crippen molar-refractivity contribution in [1.29, 1.82) is 0 Å². The van der Waals surface area contributed by atoms with Crippen LogP contribution in [-0.2, 0) is 16.1 Å². The Bertz CT molecular complexity index is 821. The molecule has 116 valence electrons.